The third kappa shape index (κ3) is 0.669. The number of fused-ring (bicyclic) bond motifs is 1. The molecule has 0 bridgehead atoms. The highest BCUT2D eigenvalue weighted by Crippen LogP contribution is 2.26. The smallest absolute Gasteiger partial charge is 0.223 e. The summed E-state index contributed by atoms with van der Waals surface area (Å²) < 4.78 is 0. The minimum Gasteiger partial charge on any atom is -0.341 e. The fraction of sp³-hybridized carbons (Fsp3) is 0.857. The average Bonchev–Trinajstić information content (AvgIpc) is 2.41. The van der Waals surface area contributed by atoms with Crippen LogP contribution in [0.4, 0.5) is 0 Å². The van der Waals surface area contributed by atoms with E-state index >= 15 is 0 Å². The summed E-state index contributed by atoms with van der Waals surface area (Å²) in [5.41, 5.74) is 0. The van der Waals surface area contributed by atoms with Crippen molar-refractivity contribution in [1.29, 1.82) is 0 Å². The number of nitrogens with zero attached hydrogens (tertiary/aromatic N) is 1. The van der Waals surface area contributed by atoms with Crippen LogP contribution in [0.15, 0.2) is 0 Å². The predicted molar refractivity (Wildman–Crippen MR) is 37.5 cm³/mol. The van der Waals surface area contributed by atoms with Gasteiger partial charge in [0.1, 0.15) is 0 Å². The maximum atomic E-state index is 11.1. The second kappa shape index (κ2) is 1.95. The molecule has 2 rings (SSSR count). The van der Waals surface area contributed by atoms with E-state index in [2.05, 4.69) is 5.32 Å². The van der Waals surface area contributed by atoms with Crippen molar-refractivity contribution in [2.75, 3.05) is 20.1 Å². The highest BCUT2D eigenvalue weighted by Gasteiger charge is 2.40. The number of hydrogen-bond donors (Lipinski definition) is 1. The first kappa shape index (κ1) is 6.16. The molecule has 2 aliphatic rings. The third-order valence-electron chi connectivity index (χ3n) is 2.63. The summed E-state index contributed by atoms with van der Waals surface area (Å²) in [6, 6.07) is 0.493. The summed E-state index contributed by atoms with van der Waals surface area (Å²) >= 11 is 0. The summed E-state index contributed by atoms with van der Waals surface area (Å²) in [6.45, 7) is 2.02. The molecule has 10 heavy (non-hydrogen) atoms. The Hall–Kier alpha value is -0.570. The lowest BCUT2D eigenvalue weighted by atomic mass is 10.1. The maximum absolute atomic E-state index is 11.1. The molecule has 0 aromatic rings. The molecule has 0 aromatic heterocycles. The quantitative estimate of drug-likeness (QED) is 0.489. The monoisotopic (exact) mass is 140 g/mol. The Morgan fingerprint density at radius 1 is 1.60 bits per heavy atom. The van der Waals surface area contributed by atoms with Gasteiger partial charge in [-0.25, -0.2) is 0 Å². The lowest BCUT2D eigenvalue weighted by Gasteiger charge is -2.16. The Labute approximate surface area is 60.4 Å². The number of rotatable bonds is 0. The van der Waals surface area contributed by atoms with E-state index in [0.717, 1.165) is 19.5 Å². The highest BCUT2D eigenvalue weighted by atomic mass is 16.2. The summed E-state index contributed by atoms with van der Waals surface area (Å²) in [7, 11) is 1.90. The third-order valence-corrected chi connectivity index (χ3v) is 2.63. The second-order valence-electron chi connectivity index (χ2n) is 3.19. The van der Waals surface area contributed by atoms with Gasteiger partial charge in [0.05, 0.1) is 0 Å². The van der Waals surface area contributed by atoms with E-state index in [4.69, 9.17) is 0 Å². The first-order valence-corrected chi connectivity index (χ1v) is 3.75. The molecule has 0 aliphatic carbocycles. The number of hydrogen-bond acceptors (Lipinski definition) is 2. The highest BCUT2D eigenvalue weighted by molar-refractivity contribution is 5.79. The van der Waals surface area contributed by atoms with Crippen LogP contribution in [0.5, 0.6) is 0 Å². The van der Waals surface area contributed by atoms with E-state index in [1.54, 1.807) is 0 Å². The van der Waals surface area contributed by atoms with Gasteiger partial charge in [0, 0.05) is 38.5 Å². The lowest BCUT2D eigenvalue weighted by Crippen LogP contribution is -2.33. The van der Waals surface area contributed by atoms with E-state index < -0.39 is 0 Å². The van der Waals surface area contributed by atoms with Crippen LogP contribution >= 0.6 is 0 Å². The molecule has 2 fully saturated rings. The minimum absolute atomic E-state index is 0.316. The van der Waals surface area contributed by atoms with Crippen molar-refractivity contribution in [1.82, 2.24) is 10.2 Å². The maximum Gasteiger partial charge on any atom is 0.223 e. The van der Waals surface area contributed by atoms with Gasteiger partial charge < -0.3 is 10.2 Å². The summed E-state index contributed by atoms with van der Waals surface area (Å²) in [4.78, 5) is 13.0. The topological polar surface area (TPSA) is 32.3 Å². The molecule has 2 heterocycles. The van der Waals surface area contributed by atoms with Gasteiger partial charge in [-0.1, -0.05) is 0 Å². The standard InChI is InChI=1S/C7H12N2O/c1-9-6-4-8-3-5(6)2-7(9)10/h5-6,8H,2-4H2,1H3. The number of carbonyl (C=O) groups excluding carboxylic acids is 1. The predicted octanol–water partition coefficient (Wildman–Crippen LogP) is -0.563. The van der Waals surface area contributed by atoms with Crippen molar-refractivity contribution in [3.8, 4) is 0 Å². The normalized spacial score (nSPS) is 38.9. The molecule has 2 saturated heterocycles. The van der Waals surface area contributed by atoms with E-state index in [9.17, 15) is 4.79 Å². The van der Waals surface area contributed by atoms with Crippen LogP contribution in [0.3, 0.4) is 0 Å². The average molecular weight is 140 g/mol. The van der Waals surface area contributed by atoms with E-state index in [-0.39, 0.29) is 0 Å². The van der Waals surface area contributed by atoms with Crippen molar-refractivity contribution < 1.29 is 4.79 Å². The molecule has 2 atom stereocenters. The van der Waals surface area contributed by atoms with Gasteiger partial charge in [-0.3, -0.25) is 4.79 Å². The number of likely N-dealkylation sites (tertiary alicyclic amines) is 1. The van der Waals surface area contributed by atoms with Crippen LogP contribution in [-0.4, -0.2) is 37.0 Å². The van der Waals surface area contributed by atoms with Crippen molar-refractivity contribution in [2.24, 2.45) is 5.92 Å². The first-order valence-electron chi connectivity index (χ1n) is 3.75. The SMILES string of the molecule is CN1C(=O)CC2CNCC21. The first-order chi connectivity index (χ1) is 4.79. The minimum atomic E-state index is 0.316. The largest absolute Gasteiger partial charge is 0.341 e. The van der Waals surface area contributed by atoms with Crippen LogP contribution < -0.4 is 5.32 Å². The van der Waals surface area contributed by atoms with Crippen LogP contribution in [0.25, 0.3) is 0 Å². The van der Waals surface area contributed by atoms with E-state index in [1.165, 1.54) is 0 Å². The second-order valence-corrected chi connectivity index (χ2v) is 3.19. The van der Waals surface area contributed by atoms with Gasteiger partial charge in [0.2, 0.25) is 5.91 Å². The van der Waals surface area contributed by atoms with Gasteiger partial charge in [-0.15, -0.1) is 0 Å². The van der Waals surface area contributed by atoms with Crippen LogP contribution in [0, 0.1) is 5.92 Å². The number of nitrogens with one attached hydrogen (secondary N) is 1. The van der Waals surface area contributed by atoms with E-state index in [1.807, 2.05) is 11.9 Å². The molecule has 3 nitrogen and oxygen atoms in total. The molecule has 1 N–H and O–H groups in total. The fourth-order valence-electron chi connectivity index (χ4n) is 1.93. The molecule has 0 aromatic carbocycles. The van der Waals surface area contributed by atoms with Crippen LogP contribution in [0.1, 0.15) is 6.42 Å². The van der Waals surface area contributed by atoms with Crippen molar-refractivity contribution >= 4 is 5.91 Å². The Morgan fingerprint density at radius 2 is 2.40 bits per heavy atom. The van der Waals surface area contributed by atoms with Gasteiger partial charge in [-0.2, -0.15) is 0 Å². The zero-order valence-corrected chi connectivity index (χ0v) is 6.13. The molecule has 0 spiro atoms. The number of likely N-dealkylation sites (N-methyl/N-ethyl adjacent to an activating group) is 1. The Bertz CT molecular complexity index is 169. The van der Waals surface area contributed by atoms with Gasteiger partial charge in [0.25, 0.3) is 0 Å². The molecule has 2 unspecified atom stereocenters. The Balaban J connectivity index is 2.16. The Kier molecular flexibility index (Phi) is 1.20. The molecule has 56 valence electrons. The van der Waals surface area contributed by atoms with E-state index in [0.29, 0.717) is 17.9 Å². The Morgan fingerprint density at radius 3 is 3.10 bits per heavy atom. The fourth-order valence-corrected chi connectivity index (χ4v) is 1.93. The molecular formula is C7H12N2O. The van der Waals surface area contributed by atoms with Crippen LogP contribution in [0.2, 0.25) is 0 Å². The lowest BCUT2D eigenvalue weighted by molar-refractivity contribution is -0.127. The van der Waals surface area contributed by atoms with Gasteiger partial charge in [0.15, 0.2) is 0 Å². The van der Waals surface area contributed by atoms with Crippen molar-refractivity contribution in [3.63, 3.8) is 0 Å². The van der Waals surface area contributed by atoms with Gasteiger partial charge in [-0.05, 0) is 0 Å². The zero-order chi connectivity index (χ0) is 7.14. The number of carbonyl (C=O) groups is 1. The molecule has 0 radical (unpaired) electrons. The molecular weight excluding hydrogens is 128 g/mol. The molecule has 3 heteroatoms. The molecule has 0 saturated carbocycles. The van der Waals surface area contributed by atoms with Crippen LogP contribution in [-0.2, 0) is 4.79 Å². The summed E-state index contributed by atoms with van der Waals surface area (Å²) in [6.07, 6.45) is 0.758. The number of amides is 1. The van der Waals surface area contributed by atoms with Crippen molar-refractivity contribution in [3.05, 3.63) is 0 Å². The van der Waals surface area contributed by atoms with Gasteiger partial charge >= 0.3 is 0 Å². The molecule has 2 aliphatic heterocycles. The summed E-state index contributed by atoms with van der Waals surface area (Å²) in [5.74, 6) is 0.911. The summed E-state index contributed by atoms with van der Waals surface area (Å²) in [5, 5.41) is 3.28. The van der Waals surface area contributed by atoms with Crippen molar-refractivity contribution in [2.45, 2.75) is 12.5 Å². The zero-order valence-electron chi connectivity index (χ0n) is 6.13. The molecule has 1 amide bonds.